The molecule has 2 aliphatic heterocycles. The minimum absolute atomic E-state index is 0.00757. The number of ether oxygens (including phenoxy) is 1. The number of fused-ring (bicyclic) bond motifs is 1. The fourth-order valence-electron chi connectivity index (χ4n) is 5.68. The largest absolute Gasteiger partial charge is 0.489 e. The third-order valence-corrected chi connectivity index (χ3v) is 8.32. The summed E-state index contributed by atoms with van der Waals surface area (Å²) in [5, 5.41) is 4.31. The molecule has 2 N–H and O–H groups in total. The number of nitrogens with two attached hydrogens (primary N) is 1. The van der Waals surface area contributed by atoms with Crippen LogP contribution in [0.2, 0.25) is 0 Å². The molecule has 2 aromatic carbocycles. The fraction of sp³-hybridized carbons (Fsp3) is 0.321. The molecule has 7 rings (SSSR count). The Morgan fingerprint density at radius 2 is 2.08 bits per heavy atom. The van der Waals surface area contributed by atoms with Crippen LogP contribution in [0.25, 0.3) is 33.5 Å². The van der Waals surface area contributed by atoms with Gasteiger partial charge in [0.15, 0.2) is 5.82 Å². The number of aryl methyl sites for hydroxylation is 1. The Balaban J connectivity index is 1.37. The van der Waals surface area contributed by atoms with E-state index in [1.807, 2.05) is 24.0 Å². The van der Waals surface area contributed by atoms with Crippen LogP contribution in [0.1, 0.15) is 33.9 Å². The number of imidazole rings is 1. The van der Waals surface area contributed by atoms with Crippen LogP contribution in [0.5, 0.6) is 5.75 Å². The molecule has 0 unspecified atom stereocenters. The van der Waals surface area contributed by atoms with Gasteiger partial charge in [-0.05, 0) is 44.0 Å². The number of carbonyl (C=O) groups is 1. The zero-order valence-corrected chi connectivity index (χ0v) is 21.5. The van der Waals surface area contributed by atoms with Gasteiger partial charge in [-0.25, -0.2) is 9.97 Å². The average molecular weight is 513 g/mol. The van der Waals surface area contributed by atoms with Crippen LogP contribution in [0, 0.1) is 6.92 Å². The zero-order chi connectivity index (χ0) is 25.1. The van der Waals surface area contributed by atoms with Crippen molar-refractivity contribution in [1.29, 1.82) is 0 Å². The second-order valence-corrected chi connectivity index (χ2v) is 10.9. The van der Waals surface area contributed by atoms with Crippen LogP contribution in [-0.4, -0.2) is 55.6 Å². The second kappa shape index (κ2) is 8.71. The number of benzene rings is 2. The zero-order valence-electron chi connectivity index (χ0n) is 20.7. The van der Waals surface area contributed by atoms with Crippen molar-refractivity contribution in [3.05, 3.63) is 64.1 Å². The molecule has 37 heavy (non-hydrogen) atoms. The van der Waals surface area contributed by atoms with Gasteiger partial charge in [0, 0.05) is 46.7 Å². The highest BCUT2D eigenvalue weighted by Crippen LogP contribution is 2.37. The number of rotatable bonds is 4. The van der Waals surface area contributed by atoms with E-state index >= 15 is 0 Å². The van der Waals surface area contributed by atoms with E-state index in [1.54, 1.807) is 11.3 Å². The molecule has 2 aliphatic rings. The first-order valence-electron chi connectivity index (χ1n) is 12.8. The number of thiazole rings is 1. The molecular formula is C28H28N6O2S. The molecule has 1 fully saturated rings. The van der Waals surface area contributed by atoms with Gasteiger partial charge in [0.1, 0.15) is 22.9 Å². The van der Waals surface area contributed by atoms with Crippen LogP contribution in [-0.2, 0) is 13.1 Å². The minimum Gasteiger partial charge on any atom is -0.489 e. The second-order valence-electron chi connectivity index (χ2n) is 9.99. The highest BCUT2D eigenvalue weighted by Gasteiger charge is 2.28. The Kier molecular flexibility index (Phi) is 5.30. The van der Waals surface area contributed by atoms with Crippen LogP contribution in [0.15, 0.2) is 47.8 Å². The summed E-state index contributed by atoms with van der Waals surface area (Å²) >= 11 is 1.68. The molecule has 0 aliphatic carbocycles. The van der Waals surface area contributed by atoms with E-state index in [2.05, 4.69) is 44.8 Å². The lowest BCUT2D eigenvalue weighted by Crippen LogP contribution is -2.45. The molecule has 9 heteroatoms. The molecule has 8 nitrogen and oxygen atoms in total. The summed E-state index contributed by atoms with van der Waals surface area (Å²) in [6, 6.07) is 14.4. The lowest BCUT2D eigenvalue weighted by Gasteiger charge is -2.31. The minimum atomic E-state index is -0.00757. The molecule has 0 saturated carbocycles. The standard InChI is InChI=1S/C28H28N6O2S/c1-17-16-37-25(30-17)15-34-22-7-3-2-5-18(22)12-23(34)27-31-21-11-19(13-24-26(21)33(27)9-10-36-24)28(35)32-8-4-6-20(29)14-32/h2-3,5,7,11-13,16,20H,4,6,8-10,14-15,29H2,1H3/t20-/m1/s1. The molecule has 5 aromatic rings. The van der Waals surface area contributed by atoms with Gasteiger partial charge in [-0.2, -0.15) is 0 Å². The van der Waals surface area contributed by atoms with Gasteiger partial charge in [-0.15, -0.1) is 11.3 Å². The van der Waals surface area contributed by atoms with Crippen molar-refractivity contribution in [1.82, 2.24) is 24.0 Å². The highest BCUT2D eigenvalue weighted by atomic mass is 32.1. The van der Waals surface area contributed by atoms with Crippen molar-refractivity contribution in [2.24, 2.45) is 5.73 Å². The number of amides is 1. The molecule has 0 radical (unpaired) electrons. The Morgan fingerprint density at radius 1 is 1.19 bits per heavy atom. The number of aromatic nitrogens is 4. The van der Waals surface area contributed by atoms with Gasteiger partial charge in [-0.1, -0.05) is 18.2 Å². The van der Waals surface area contributed by atoms with E-state index in [0.29, 0.717) is 37.6 Å². The van der Waals surface area contributed by atoms with Crippen LogP contribution in [0.3, 0.4) is 0 Å². The normalized spacial score (nSPS) is 17.5. The predicted octanol–water partition coefficient (Wildman–Crippen LogP) is 4.43. The van der Waals surface area contributed by atoms with Gasteiger partial charge in [0.25, 0.3) is 5.91 Å². The quantitative estimate of drug-likeness (QED) is 0.385. The number of likely N-dealkylation sites (tertiary alicyclic amines) is 1. The predicted molar refractivity (Wildman–Crippen MR) is 145 cm³/mol. The van der Waals surface area contributed by atoms with Crippen molar-refractivity contribution in [3.63, 3.8) is 0 Å². The van der Waals surface area contributed by atoms with Crippen LogP contribution in [0.4, 0.5) is 0 Å². The summed E-state index contributed by atoms with van der Waals surface area (Å²) in [6.45, 7) is 5.25. The van der Waals surface area contributed by atoms with Crippen molar-refractivity contribution in [2.75, 3.05) is 19.7 Å². The number of piperidine rings is 1. The SMILES string of the molecule is Cc1csc(Cn2c(-c3nc4cc(C(=O)N5CCC[C@@H](N)C5)cc5c4n3CCO5)cc3ccccc32)n1. The molecule has 188 valence electrons. The molecule has 0 bridgehead atoms. The fourth-order valence-corrected chi connectivity index (χ4v) is 6.44. The van der Waals surface area contributed by atoms with Crippen molar-refractivity contribution < 1.29 is 9.53 Å². The maximum atomic E-state index is 13.4. The monoisotopic (exact) mass is 512 g/mol. The Hall–Kier alpha value is -3.69. The van der Waals surface area contributed by atoms with Crippen molar-refractivity contribution >= 4 is 39.2 Å². The number of hydrogen-bond acceptors (Lipinski definition) is 6. The lowest BCUT2D eigenvalue weighted by molar-refractivity contribution is 0.0708. The first-order chi connectivity index (χ1) is 18.0. The Labute approximate surface area is 218 Å². The van der Waals surface area contributed by atoms with Gasteiger partial charge < -0.3 is 24.5 Å². The summed E-state index contributed by atoms with van der Waals surface area (Å²) in [7, 11) is 0. The molecule has 1 atom stereocenters. The van der Waals surface area contributed by atoms with Gasteiger partial charge in [0.2, 0.25) is 0 Å². The lowest BCUT2D eigenvalue weighted by atomic mass is 10.0. The van der Waals surface area contributed by atoms with Crippen LogP contribution >= 0.6 is 11.3 Å². The highest BCUT2D eigenvalue weighted by molar-refractivity contribution is 7.09. The maximum Gasteiger partial charge on any atom is 0.254 e. The molecular weight excluding hydrogens is 484 g/mol. The number of carbonyl (C=O) groups excluding carboxylic acids is 1. The summed E-state index contributed by atoms with van der Waals surface area (Å²) in [5.74, 6) is 1.59. The summed E-state index contributed by atoms with van der Waals surface area (Å²) in [6.07, 6.45) is 1.89. The van der Waals surface area contributed by atoms with Crippen molar-refractivity contribution in [2.45, 2.75) is 38.9 Å². The number of hydrogen-bond donors (Lipinski definition) is 1. The van der Waals surface area contributed by atoms with Gasteiger partial charge in [-0.3, -0.25) is 4.79 Å². The van der Waals surface area contributed by atoms with Gasteiger partial charge >= 0.3 is 0 Å². The van der Waals surface area contributed by atoms with E-state index in [-0.39, 0.29) is 11.9 Å². The molecule has 0 spiro atoms. The molecule has 3 aromatic heterocycles. The first kappa shape index (κ1) is 22.5. The maximum absolute atomic E-state index is 13.4. The third kappa shape index (κ3) is 3.81. The van der Waals surface area contributed by atoms with Gasteiger partial charge in [0.05, 0.1) is 24.3 Å². The summed E-state index contributed by atoms with van der Waals surface area (Å²) < 4.78 is 10.6. The number of nitrogens with zero attached hydrogens (tertiary/aromatic N) is 5. The smallest absolute Gasteiger partial charge is 0.254 e. The van der Waals surface area contributed by atoms with E-state index in [9.17, 15) is 4.79 Å². The van der Waals surface area contributed by atoms with Crippen molar-refractivity contribution in [3.8, 4) is 17.3 Å². The molecule has 5 heterocycles. The molecule has 1 amide bonds. The van der Waals surface area contributed by atoms with E-state index in [1.165, 1.54) is 0 Å². The average Bonchev–Trinajstić information content (AvgIpc) is 3.60. The van der Waals surface area contributed by atoms with E-state index < -0.39 is 0 Å². The summed E-state index contributed by atoms with van der Waals surface area (Å²) in [4.78, 5) is 25.1. The van der Waals surface area contributed by atoms with E-state index in [0.717, 1.165) is 63.5 Å². The first-order valence-corrected chi connectivity index (χ1v) is 13.6. The molecule has 1 saturated heterocycles. The topological polar surface area (TPSA) is 91.2 Å². The summed E-state index contributed by atoms with van der Waals surface area (Å²) in [5.41, 5.74) is 11.7. The third-order valence-electron chi connectivity index (χ3n) is 7.37. The number of para-hydroxylation sites is 1. The van der Waals surface area contributed by atoms with Crippen LogP contribution < -0.4 is 10.5 Å². The Bertz CT molecular complexity index is 1660. The Morgan fingerprint density at radius 3 is 2.92 bits per heavy atom. The van der Waals surface area contributed by atoms with E-state index in [4.69, 9.17) is 20.4 Å².